The lowest BCUT2D eigenvalue weighted by Gasteiger charge is -2.40. The van der Waals surface area contributed by atoms with Gasteiger partial charge in [0.05, 0.1) is 31.8 Å². The maximum Gasteiger partial charge on any atom is 0.424 e. The van der Waals surface area contributed by atoms with E-state index in [1.165, 1.54) is 6.66 Å². The Kier molecular flexibility index (Phi) is 3.06. The molecule has 15 heavy (non-hydrogen) atoms. The molecule has 0 atom stereocenters. The molecule has 9 heteroatoms. The standard InChI is InChI=1S/C6H11ClO6P2/c1-14(8)10-2-6(3-11-14)4-12-15(7,9)13-5-6/h2-5H2,1H3. The fraction of sp³-hybridized carbons (Fsp3) is 1.00. The lowest BCUT2D eigenvalue weighted by Crippen LogP contribution is -2.45. The predicted molar refractivity (Wildman–Crippen MR) is 53.2 cm³/mol. The van der Waals surface area contributed by atoms with Crippen LogP contribution in [0.5, 0.6) is 0 Å². The zero-order valence-electron chi connectivity index (χ0n) is 8.05. The van der Waals surface area contributed by atoms with Crippen LogP contribution in [0.4, 0.5) is 0 Å². The summed E-state index contributed by atoms with van der Waals surface area (Å²) in [5.41, 5.74) is -0.549. The second-order valence-electron chi connectivity index (χ2n) is 3.80. The average molecular weight is 277 g/mol. The summed E-state index contributed by atoms with van der Waals surface area (Å²) in [6, 6.07) is 0. The lowest BCUT2D eigenvalue weighted by atomic mass is 9.93. The molecule has 2 aliphatic heterocycles. The van der Waals surface area contributed by atoms with Gasteiger partial charge in [-0.3, -0.25) is 13.6 Å². The van der Waals surface area contributed by atoms with E-state index in [9.17, 15) is 9.13 Å². The van der Waals surface area contributed by atoms with E-state index in [0.717, 1.165) is 0 Å². The van der Waals surface area contributed by atoms with Gasteiger partial charge in [0.2, 0.25) is 0 Å². The van der Waals surface area contributed by atoms with Gasteiger partial charge in [0.25, 0.3) is 0 Å². The van der Waals surface area contributed by atoms with E-state index in [4.69, 9.17) is 29.3 Å². The molecule has 0 aromatic carbocycles. The minimum absolute atomic E-state index is 0.119. The molecule has 1 spiro atoms. The van der Waals surface area contributed by atoms with Gasteiger partial charge in [-0.25, -0.2) is 4.57 Å². The molecule has 0 unspecified atom stereocenters. The molecule has 0 N–H and O–H groups in total. The average Bonchev–Trinajstić information content (AvgIpc) is 2.15. The van der Waals surface area contributed by atoms with Crippen LogP contribution in [0.25, 0.3) is 0 Å². The van der Waals surface area contributed by atoms with Crippen LogP contribution < -0.4 is 0 Å². The Bertz CT molecular complexity index is 296. The zero-order valence-corrected chi connectivity index (χ0v) is 10.6. The fourth-order valence-corrected chi connectivity index (χ4v) is 3.58. The van der Waals surface area contributed by atoms with Gasteiger partial charge in [-0.1, -0.05) is 0 Å². The molecule has 6 nitrogen and oxygen atoms in total. The summed E-state index contributed by atoms with van der Waals surface area (Å²) in [5.74, 6) is 0. The van der Waals surface area contributed by atoms with Crippen LogP contribution in [0.2, 0.25) is 0 Å². The Morgan fingerprint density at radius 1 is 1.00 bits per heavy atom. The fourth-order valence-electron chi connectivity index (χ4n) is 1.26. The molecule has 2 fully saturated rings. The third-order valence-electron chi connectivity index (χ3n) is 2.26. The first kappa shape index (κ1) is 12.1. The molecule has 0 aromatic rings. The highest BCUT2D eigenvalue weighted by Gasteiger charge is 2.46. The molecule has 0 amide bonds. The Labute approximate surface area is 92.0 Å². The van der Waals surface area contributed by atoms with Crippen LogP contribution in [-0.4, -0.2) is 33.1 Å². The molecule has 2 rings (SSSR count). The third kappa shape index (κ3) is 2.83. The predicted octanol–water partition coefficient (Wildman–Crippen LogP) is 2.24. The van der Waals surface area contributed by atoms with Gasteiger partial charge >= 0.3 is 14.5 Å². The van der Waals surface area contributed by atoms with Crippen molar-refractivity contribution >= 4 is 25.8 Å². The largest absolute Gasteiger partial charge is 0.424 e. The first-order valence-corrected chi connectivity index (χ1v) is 8.72. The normalized spacial score (nSPS) is 51.9. The van der Waals surface area contributed by atoms with Crippen molar-refractivity contribution in [1.29, 1.82) is 0 Å². The minimum atomic E-state index is -3.42. The SMILES string of the molecule is CP1(=O)OCC2(CO1)COP(=O)(Cl)OC2. The van der Waals surface area contributed by atoms with E-state index in [0.29, 0.717) is 0 Å². The van der Waals surface area contributed by atoms with Crippen LogP contribution >= 0.6 is 25.8 Å². The van der Waals surface area contributed by atoms with Crippen molar-refractivity contribution in [2.75, 3.05) is 33.1 Å². The van der Waals surface area contributed by atoms with Crippen molar-refractivity contribution in [2.45, 2.75) is 0 Å². The van der Waals surface area contributed by atoms with E-state index >= 15 is 0 Å². The van der Waals surface area contributed by atoms with Crippen LogP contribution in [0.3, 0.4) is 0 Å². The van der Waals surface area contributed by atoms with E-state index in [1.807, 2.05) is 0 Å². The first-order chi connectivity index (χ1) is 6.83. The van der Waals surface area contributed by atoms with Crippen LogP contribution in [-0.2, 0) is 27.2 Å². The summed E-state index contributed by atoms with van der Waals surface area (Å²) in [7, 11) is -2.92. The molecule has 2 aliphatic rings. The van der Waals surface area contributed by atoms with Crippen molar-refractivity contribution in [2.24, 2.45) is 5.41 Å². The van der Waals surface area contributed by atoms with Crippen molar-refractivity contribution < 1.29 is 27.2 Å². The van der Waals surface area contributed by atoms with E-state index in [2.05, 4.69) is 0 Å². The van der Waals surface area contributed by atoms with E-state index in [1.54, 1.807) is 0 Å². The lowest BCUT2D eigenvalue weighted by molar-refractivity contribution is -0.0644. The smallest absolute Gasteiger partial charge is 0.308 e. The zero-order chi connectivity index (χ0) is 11.2. The number of rotatable bonds is 0. The van der Waals surface area contributed by atoms with Crippen LogP contribution in [0, 0.1) is 5.41 Å². The third-order valence-corrected chi connectivity index (χ3v) is 4.92. The Balaban J connectivity index is 2.01. The first-order valence-electron chi connectivity index (χ1n) is 4.28. The molecule has 0 aliphatic carbocycles. The summed E-state index contributed by atoms with van der Waals surface area (Å²) < 4.78 is 42.4. The highest BCUT2D eigenvalue weighted by molar-refractivity contribution is 7.81. The van der Waals surface area contributed by atoms with Gasteiger partial charge in [0, 0.05) is 17.9 Å². The molecule has 2 heterocycles. The van der Waals surface area contributed by atoms with Crippen LogP contribution in [0.15, 0.2) is 0 Å². The number of halogens is 1. The van der Waals surface area contributed by atoms with Crippen molar-refractivity contribution in [1.82, 2.24) is 0 Å². The number of hydrogen-bond donors (Lipinski definition) is 0. The highest BCUT2D eigenvalue weighted by atomic mass is 35.7. The van der Waals surface area contributed by atoms with Crippen molar-refractivity contribution in [3.8, 4) is 0 Å². The second kappa shape index (κ2) is 3.81. The quantitative estimate of drug-likeness (QED) is 0.632. The summed E-state index contributed by atoms with van der Waals surface area (Å²) in [5, 5.41) is 0. The maximum atomic E-state index is 11.4. The highest BCUT2D eigenvalue weighted by Crippen LogP contribution is 2.60. The summed E-state index contributed by atoms with van der Waals surface area (Å²) in [6.07, 6.45) is 0. The topological polar surface area (TPSA) is 71.1 Å². The minimum Gasteiger partial charge on any atom is -0.308 e. The molecule has 0 radical (unpaired) electrons. The Morgan fingerprint density at radius 2 is 1.40 bits per heavy atom. The van der Waals surface area contributed by atoms with Crippen LogP contribution in [0.1, 0.15) is 0 Å². The van der Waals surface area contributed by atoms with Gasteiger partial charge in [-0.15, -0.1) is 0 Å². The molecule has 2 saturated heterocycles. The molecule has 0 aromatic heterocycles. The second-order valence-corrected chi connectivity index (χ2v) is 8.47. The molecular weight excluding hydrogens is 265 g/mol. The van der Waals surface area contributed by atoms with Gasteiger partial charge in [0.1, 0.15) is 0 Å². The summed E-state index contributed by atoms with van der Waals surface area (Å²) >= 11 is 5.41. The van der Waals surface area contributed by atoms with Gasteiger partial charge in [-0.05, 0) is 0 Å². The Morgan fingerprint density at radius 3 is 1.87 bits per heavy atom. The van der Waals surface area contributed by atoms with E-state index in [-0.39, 0.29) is 26.4 Å². The van der Waals surface area contributed by atoms with Gasteiger partial charge in [-0.2, -0.15) is 0 Å². The maximum absolute atomic E-state index is 11.4. The van der Waals surface area contributed by atoms with Gasteiger partial charge < -0.3 is 9.05 Å². The van der Waals surface area contributed by atoms with Crippen molar-refractivity contribution in [3.63, 3.8) is 0 Å². The van der Waals surface area contributed by atoms with Crippen molar-refractivity contribution in [3.05, 3.63) is 0 Å². The molecule has 0 saturated carbocycles. The van der Waals surface area contributed by atoms with Gasteiger partial charge in [0.15, 0.2) is 0 Å². The monoisotopic (exact) mass is 276 g/mol. The Hall–Kier alpha value is 0.590. The molecule has 88 valence electrons. The molecule has 0 bridgehead atoms. The summed E-state index contributed by atoms with van der Waals surface area (Å²) in [4.78, 5) is 0. The van der Waals surface area contributed by atoms with E-state index < -0.39 is 20.0 Å². The number of hydrogen-bond acceptors (Lipinski definition) is 6. The molecular formula is C6H11ClO6P2. The summed E-state index contributed by atoms with van der Waals surface area (Å²) in [6.45, 7) is -1.40.